The molecule has 124 valence electrons. The van der Waals surface area contributed by atoms with Gasteiger partial charge >= 0.3 is 0 Å². The third-order valence-electron chi connectivity index (χ3n) is 4.74. The summed E-state index contributed by atoms with van der Waals surface area (Å²) in [5.74, 6) is 1.07. The first kappa shape index (κ1) is 15.3. The lowest BCUT2D eigenvalue weighted by Gasteiger charge is -2.32. The molecule has 0 bridgehead atoms. The first-order valence-corrected chi connectivity index (χ1v) is 8.51. The molecule has 5 heteroatoms. The van der Waals surface area contributed by atoms with E-state index in [9.17, 15) is 0 Å². The second-order valence-corrected chi connectivity index (χ2v) is 6.62. The zero-order valence-electron chi connectivity index (χ0n) is 14.3. The van der Waals surface area contributed by atoms with Gasteiger partial charge in [-0.25, -0.2) is 9.97 Å². The molecule has 0 atom stereocenters. The topological polar surface area (TPSA) is 37.2 Å². The van der Waals surface area contributed by atoms with Crippen LogP contribution in [0.5, 0.6) is 0 Å². The van der Waals surface area contributed by atoms with Crippen molar-refractivity contribution >= 4 is 11.2 Å². The lowest BCUT2D eigenvalue weighted by Crippen LogP contribution is -2.44. The summed E-state index contributed by atoms with van der Waals surface area (Å²) >= 11 is 0. The van der Waals surface area contributed by atoms with Gasteiger partial charge in [-0.05, 0) is 38.2 Å². The van der Waals surface area contributed by atoms with Gasteiger partial charge in [-0.3, -0.25) is 9.47 Å². The molecule has 0 aliphatic carbocycles. The Labute approximate surface area is 142 Å². The fourth-order valence-electron chi connectivity index (χ4n) is 3.24. The van der Waals surface area contributed by atoms with Gasteiger partial charge in [0.05, 0.1) is 6.54 Å². The Kier molecular flexibility index (Phi) is 4.04. The van der Waals surface area contributed by atoms with Crippen LogP contribution in [-0.2, 0) is 6.54 Å². The van der Waals surface area contributed by atoms with Gasteiger partial charge in [-0.15, -0.1) is 0 Å². The molecule has 1 fully saturated rings. The van der Waals surface area contributed by atoms with Crippen LogP contribution in [0.25, 0.3) is 16.9 Å². The number of piperazine rings is 1. The van der Waals surface area contributed by atoms with E-state index in [1.807, 2.05) is 18.3 Å². The Hall–Kier alpha value is -2.24. The zero-order chi connectivity index (χ0) is 16.5. The summed E-state index contributed by atoms with van der Waals surface area (Å²) in [4.78, 5) is 14.3. The quantitative estimate of drug-likeness (QED) is 0.743. The molecule has 1 saturated heterocycles. The molecular weight excluding hydrogens is 298 g/mol. The average molecular weight is 321 g/mol. The Bertz CT molecular complexity index is 829. The summed E-state index contributed by atoms with van der Waals surface area (Å²) in [6.45, 7) is 7.37. The van der Waals surface area contributed by atoms with E-state index in [-0.39, 0.29) is 0 Å². The Morgan fingerprint density at radius 1 is 1.00 bits per heavy atom. The van der Waals surface area contributed by atoms with Crippen LogP contribution in [0.15, 0.2) is 42.6 Å². The van der Waals surface area contributed by atoms with Crippen molar-refractivity contribution in [1.82, 2.24) is 24.3 Å². The predicted octanol–water partition coefficient (Wildman–Crippen LogP) is 2.48. The highest BCUT2D eigenvalue weighted by Crippen LogP contribution is 2.21. The zero-order valence-corrected chi connectivity index (χ0v) is 14.3. The SMILES string of the molecule is Cc1ccc(-n2c(CN3CCN(C)CC3)nc3cccnc32)cc1. The van der Waals surface area contributed by atoms with E-state index in [1.165, 1.54) is 5.56 Å². The molecule has 3 aromatic rings. The largest absolute Gasteiger partial charge is 0.304 e. The van der Waals surface area contributed by atoms with Crippen molar-refractivity contribution in [2.75, 3.05) is 33.2 Å². The maximum absolute atomic E-state index is 4.87. The van der Waals surface area contributed by atoms with Crippen LogP contribution in [-0.4, -0.2) is 57.6 Å². The smallest absolute Gasteiger partial charge is 0.164 e. The number of pyridine rings is 1. The van der Waals surface area contributed by atoms with E-state index in [0.717, 1.165) is 55.4 Å². The molecule has 3 heterocycles. The van der Waals surface area contributed by atoms with Gasteiger partial charge in [-0.1, -0.05) is 17.7 Å². The second kappa shape index (κ2) is 6.34. The molecule has 24 heavy (non-hydrogen) atoms. The maximum atomic E-state index is 4.87. The minimum Gasteiger partial charge on any atom is -0.304 e. The van der Waals surface area contributed by atoms with Crippen molar-refractivity contribution in [3.8, 4) is 5.69 Å². The van der Waals surface area contributed by atoms with E-state index in [4.69, 9.17) is 4.98 Å². The second-order valence-electron chi connectivity index (χ2n) is 6.62. The molecule has 0 radical (unpaired) electrons. The van der Waals surface area contributed by atoms with Gasteiger partial charge in [0.25, 0.3) is 0 Å². The maximum Gasteiger partial charge on any atom is 0.164 e. The third-order valence-corrected chi connectivity index (χ3v) is 4.74. The van der Waals surface area contributed by atoms with Crippen LogP contribution in [0.2, 0.25) is 0 Å². The van der Waals surface area contributed by atoms with Crippen LogP contribution in [0.4, 0.5) is 0 Å². The van der Waals surface area contributed by atoms with Gasteiger partial charge in [0.2, 0.25) is 0 Å². The summed E-state index contributed by atoms with van der Waals surface area (Å²) < 4.78 is 2.20. The minimum absolute atomic E-state index is 0.859. The fraction of sp³-hybridized carbons (Fsp3) is 0.368. The van der Waals surface area contributed by atoms with Crippen LogP contribution >= 0.6 is 0 Å². The van der Waals surface area contributed by atoms with Crippen molar-refractivity contribution in [2.45, 2.75) is 13.5 Å². The molecule has 1 aromatic carbocycles. The van der Waals surface area contributed by atoms with Gasteiger partial charge < -0.3 is 4.90 Å². The van der Waals surface area contributed by atoms with E-state index in [0.29, 0.717) is 0 Å². The number of benzene rings is 1. The molecule has 0 N–H and O–H groups in total. The Morgan fingerprint density at radius 2 is 1.75 bits per heavy atom. The Balaban J connectivity index is 1.74. The predicted molar refractivity (Wildman–Crippen MR) is 96.4 cm³/mol. The standard InChI is InChI=1S/C19H23N5/c1-15-5-7-16(8-6-15)24-18(14-23-12-10-22(2)11-13-23)21-17-4-3-9-20-19(17)24/h3-9H,10-14H2,1-2H3. The van der Waals surface area contributed by atoms with Crippen molar-refractivity contribution in [3.63, 3.8) is 0 Å². The fourth-order valence-corrected chi connectivity index (χ4v) is 3.24. The molecule has 4 rings (SSSR count). The van der Waals surface area contributed by atoms with Crippen LogP contribution < -0.4 is 0 Å². The number of aromatic nitrogens is 3. The van der Waals surface area contributed by atoms with Gasteiger partial charge in [0.1, 0.15) is 11.3 Å². The van der Waals surface area contributed by atoms with Crippen LogP contribution in [0.3, 0.4) is 0 Å². The highest BCUT2D eigenvalue weighted by atomic mass is 15.3. The van der Waals surface area contributed by atoms with Crippen LogP contribution in [0.1, 0.15) is 11.4 Å². The lowest BCUT2D eigenvalue weighted by atomic mass is 10.2. The van der Waals surface area contributed by atoms with Gasteiger partial charge in [-0.2, -0.15) is 0 Å². The Morgan fingerprint density at radius 3 is 2.50 bits per heavy atom. The van der Waals surface area contributed by atoms with Crippen LogP contribution in [0, 0.1) is 6.92 Å². The molecule has 0 unspecified atom stereocenters. The number of hydrogen-bond acceptors (Lipinski definition) is 4. The molecule has 0 saturated carbocycles. The monoisotopic (exact) mass is 321 g/mol. The van der Waals surface area contributed by atoms with Crippen molar-refractivity contribution < 1.29 is 0 Å². The molecule has 0 spiro atoms. The minimum atomic E-state index is 0.859. The number of imidazole rings is 1. The number of likely N-dealkylation sites (N-methyl/N-ethyl adjacent to an activating group) is 1. The molecule has 1 aliphatic rings. The summed E-state index contributed by atoms with van der Waals surface area (Å²) in [7, 11) is 2.18. The van der Waals surface area contributed by atoms with Gasteiger partial charge in [0.15, 0.2) is 5.65 Å². The number of rotatable bonds is 3. The average Bonchev–Trinajstić information content (AvgIpc) is 2.96. The highest BCUT2D eigenvalue weighted by molar-refractivity contribution is 5.73. The number of aryl methyl sites for hydroxylation is 1. The molecule has 5 nitrogen and oxygen atoms in total. The highest BCUT2D eigenvalue weighted by Gasteiger charge is 2.19. The number of fused-ring (bicyclic) bond motifs is 1. The summed E-state index contributed by atoms with van der Waals surface area (Å²) in [5, 5.41) is 0. The number of nitrogens with zero attached hydrogens (tertiary/aromatic N) is 5. The molecular formula is C19H23N5. The van der Waals surface area contributed by atoms with Gasteiger partial charge in [0, 0.05) is 38.1 Å². The van der Waals surface area contributed by atoms with Crippen molar-refractivity contribution in [3.05, 3.63) is 54.0 Å². The third kappa shape index (κ3) is 2.92. The van der Waals surface area contributed by atoms with E-state index < -0.39 is 0 Å². The summed E-state index contributed by atoms with van der Waals surface area (Å²) in [5.41, 5.74) is 4.29. The van der Waals surface area contributed by atoms with E-state index in [2.05, 4.69) is 57.6 Å². The number of hydrogen-bond donors (Lipinski definition) is 0. The lowest BCUT2D eigenvalue weighted by molar-refractivity contribution is 0.145. The van der Waals surface area contributed by atoms with Crippen molar-refractivity contribution in [1.29, 1.82) is 0 Å². The summed E-state index contributed by atoms with van der Waals surface area (Å²) in [6.07, 6.45) is 1.84. The normalized spacial score (nSPS) is 16.8. The molecule has 2 aromatic heterocycles. The molecule has 1 aliphatic heterocycles. The van der Waals surface area contributed by atoms with E-state index >= 15 is 0 Å². The first-order valence-electron chi connectivity index (χ1n) is 8.51. The first-order chi connectivity index (χ1) is 11.7. The van der Waals surface area contributed by atoms with E-state index in [1.54, 1.807) is 0 Å². The molecule has 0 amide bonds. The van der Waals surface area contributed by atoms with Crippen molar-refractivity contribution in [2.24, 2.45) is 0 Å². The summed E-state index contributed by atoms with van der Waals surface area (Å²) in [6, 6.07) is 12.6.